The van der Waals surface area contributed by atoms with Crippen LogP contribution in [0.3, 0.4) is 0 Å². The van der Waals surface area contributed by atoms with Gasteiger partial charge in [-0.1, -0.05) is 0 Å². The van der Waals surface area contributed by atoms with Gasteiger partial charge in [0.2, 0.25) is 0 Å². The fourth-order valence-electron chi connectivity index (χ4n) is 1.26. The van der Waals surface area contributed by atoms with Gasteiger partial charge in [-0.3, -0.25) is 14.5 Å². The first-order valence-corrected chi connectivity index (χ1v) is 5.80. The molecule has 0 saturated carbocycles. The van der Waals surface area contributed by atoms with Crippen molar-refractivity contribution in [2.75, 3.05) is 14.1 Å². The Kier molecular flexibility index (Phi) is 6.80. The van der Waals surface area contributed by atoms with E-state index < -0.39 is 12.0 Å². The molecule has 0 aromatic carbocycles. The van der Waals surface area contributed by atoms with Crippen LogP contribution in [-0.4, -0.2) is 49.2 Å². The summed E-state index contributed by atoms with van der Waals surface area (Å²) >= 11 is 0. The van der Waals surface area contributed by atoms with Crippen LogP contribution >= 0.6 is 0 Å². The molecule has 17 heavy (non-hydrogen) atoms. The van der Waals surface area contributed by atoms with E-state index in [4.69, 9.17) is 9.47 Å². The van der Waals surface area contributed by atoms with E-state index in [9.17, 15) is 9.59 Å². The molecule has 0 aliphatic carbocycles. The van der Waals surface area contributed by atoms with E-state index in [0.717, 1.165) is 0 Å². The molecule has 100 valence electrons. The van der Waals surface area contributed by atoms with Crippen LogP contribution in [0.1, 0.15) is 34.1 Å². The highest BCUT2D eigenvalue weighted by Crippen LogP contribution is 2.07. The molecule has 1 unspecified atom stereocenters. The van der Waals surface area contributed by atoms with E-state index in [0.29, 0.717) is 0 Å². The number of ether oxygens (including phenoxy) is 2. The Bertz CT molecular complexity index is 261. The molecular weight excluding hydrogens is 222 g/mol. The molecule has 0 rings (SSSR count). The number of hydrogen-bond donors (Lipinski definition) is 0. The molecule has 0 aliphatic heterocycles. The third-order valence-corrected chi connectivity index (χ3v) is 1.97. The van der Waals surface area contributed by atoms with Crippen molar-refractivity contribution in [2.45, 2.75) is 52.4 Å². The van der Waals surface area contributed by atoms with E-state index in [2.05, 4.69) is 0 Å². The zero-order valence-corrected chi connectivity index (χ0v) is 11.5. The van der Waals surface area contributed by atoms with E-state index >= 15 is 0 Å². The molecule has 1 atom stereocenters. The van der Waals surface area contributed by atoms with Gasteiger partial charge < -0.3 is 9.47 Å². The van der Waals surface area contributed by atoms with Gasteiger partial charge in [0.25, 0.3) is 0 Å². The summed E-state index contributed by atoms with van der Waals surface area (Å²) in [6.45, 7) is 7.10. The van der Waals surface area contributed by atoms with Crippen molar-refractivity contribution in [3.63, 3.8) is 0 Å². The largest absolute Gasteiger partial charge is 0.463 e. The van der Waals surface area contributed by atoms with Gasteiger partial charge in [-0.15, -0.1) is 0 Å². The van der Waals surface area contributed by atoms with Crippen LogP contribution in [0.25, 0.3) is 0 Å². The van der Waals surface area contributed by atoms with E-state index in [1.54, 1.807) is 46.7 Å². The first-order chi connectivity index (χ1) is 7.73. The van der Waals surface area contributed by atoms with Crippen LogP contribution in [-0.2, 0) is 19.1 Å². The Morgan fingerprint density at radius 3 is 1.82 bits per heavy atom. The van der Waals surface area contributed by atoms with Crippen molar-refractivity contribution in [1.82, 2.24) is 4.90 Å². The van der Waals surface area contributed by atoms with Crippen LogP contribution in [0.15, 0.2) is 0 Å². The molecule has 5 heteroatoms. The predicted octanol–water partition coefficient (Wildman–Crippen LogP) is 1.21. The molecule has 0 radical (unpaired) electrons. The van der Waals surface area contributed by atoms with Gasteiger partial charge in [0.1, 0.15) is 6.04 Å². The summed E-state index contributed by atoms with van der Waals surface area (Å²) in [4.78, 5) is 24.9. The Labute approximate surface area is 103 Å². The molecule has 5 nitrogen and oxygen atoms in total. The maximum atomic E-state index is 11.7. The molecule has 0 bridgehead atoms. The minimum atomic E-state index is -0.594. The van der Waals surface area contributed by atoms with Crippen LogP contribution < -0.4 is 0 Å². The SMILES string of the molecule is CC(C)OC(=O)CC(C(=O)OC(C)C)N(C)C. The third kappa shape index (κ3) is 6.94. The smallest absolute Gasteiger partial charge is 0.324 e. The molecule has 0 aromatic rings. The van der Waals surface area contributed by atoms with Gasteiger partial charge in [0.05, 0.1) is 18.6 Å². The maximum absolute atomic E-state index is 11.7. The standard InChI is InChI=1S/C12H23NO4/c1-8(2)16-11(14)7-10(13(5)6)12(15)17-9(3)4/h8-10H,7H2,1-6H3. The fraction of sp³-hybridized carbons (Fsp3) is 0.833. The van der Waals surface area contributed by atoms with Crippen molar-refractivity contribution in [2.24, 2.45) is 0 Å². The van der Waals surface area contributed by atoms with Crippen molar-refractivity contribution in [3.8, 4) is 0 Å². The third-order valence-electron chi connectivity index (χ3n) is 1.97. The summed E-state index contributed by atoms with van der Waals surface area (Å²) in [7, 11) is 3.46. The molecule has 0 heterocycles. The average molecular weight is 245 g/mol. The van der Waals surface area contributed by atoms with Crippen LogP contribution in [0.2, 0.25) is 0 Å². The van der Waals surface area contributed by atoms with Gasteiger partial charge in [-0.25, -0.2) is 0 Å². The molecule has 0 amide bonds. The minimum Gasteiger partial charge on any atom is -0.463 e. The second-order valence-corrected chi connectivity index (χ2v) is 4.71. The topological polar surface area (TPSA) is 55.8 Å². The monoisotopic (exact) mass is 245 g/mol. The van der Waals surface area contributed by atoms with Crippen LogP contribution in [0.4, 0.5) is 0 Å². The zero-order valence-electron chi connectivity index (χ0n) is 11.5. The van der Waals surface area contributed by atoms with E-state index in [-0.39, 0.29) is 24.6 Å². The lowest BCUT2D eigenvalue weighted by Crippen LogP contribution is -2.40. The molecule has 0 saturated heterocycles. The number of likely N-dealkylation sites (N-methyl/N-ethyl adjacent to an activating group) is 1. The van der Waals surface area contributed by atoms with Gasteiger partial charge in [-0.2, -0.15) is 0 Å². The summed E-state index contributed by atoms with van der Waals surface area (Å²) in [5.74, 6) is -0.787. The van der Waals surface area contributed by atoms with Gasteiger partial charge in [0, 0.05) is 0 Å². The molecule has 0 N–H and O–H groups in total. The van der Waals surface area contributed by atoms with Crippen molar-refractivity contribution in [1.29, 1.82) is 0 Å². The first kappa shape index (κ1) is 15.9. The fourth-order valence-corrected chi connectivity index (χ4v) is 1.26. The highest BCUT2D eigenvalue weighted by atomic mass is 16.6. The Hall–Kier alpha value is -1.10. The summed E-state index contributed by atoms with van der Waals surface area (Å²) in [6.07, 6.45) is -0.353. The maximum Gasteiger partial charge on any atom is 0.324 e. The van der Waals surface area contributed by atoms with Crippen molar-refractivity contribution < 1.29 is 19.1 Å². The summed E-state index contributed by atoms with van der Waals surface area (Å²) in [5.41, 5.74) is 0. The highest BCUT2D eigenvalue weighted by molar-refractivity contribution is 5.82. The van der Waals surface area contributed by atoms with E-state index in [1.807, 2.05) is 0 Å². The van der Waals surface area contributed by atoms with Crippen molar-refractivity contribution in [3.05, 3.63) is 0 Å². The van der Waals surface area contributed by atoms with Crippen LogP contribution in [0.5, 0.6) is 0 Å². The van der Waals surface area contributed by atoms with Gasteiger partial charge >= 0.3 is 11.9 Å². The summed E-state index contributed by atoms with van der Waals surface area (Å²) in [6, 6.07) is -0.594. The van der Waals surface area contributed by atoms with E-state index in [1.165, 1.54) is 0 Å². The minimum absolute atomic E-state index is 0.0106. The molecule has 0 aliphatic rings. The normalized spacial score (nSPS) is 13.0. The number of carbonyl (C=O) groups is 2. The first-order valence-electron chi connectivity index (χ1n) is 5.80. The second kappa shape index (κ2) is 7.27. The molecule has 0 aromatic heterocycles. The van der Waals surface area contributed by atoms with Crippen LogP contribution in [0, 0.1) is 0 Å². The van der Waals surface area contributed by atoms with Gasteiger partial charge in [0.15, 0.2) is 0 Å². The van der Waals surface area contributed by atoms with Crippen molar-refractivity contribution >= 4 is 11.9 Å². The lowest BCUT2D eigenvalue weighted by Gasteiger charge is -2.23. The predicted molar refractivity (Wildman–Crippen MR) is 64.5 cm³/mol. The molecular formula is C12H23NO4. The second-order valence-electron chi connectivity index (χ2n) is 4.71. The number of esters is 2. The number of nitrogens with zero attached hydrogens (tertiary/aromatic N) is 1. The number of hydrogen-bond acceptors (Lipinski definition) is 5. The Morgan fingerprint density at radius 2 is 1.47 bits per heavy atom. The Morgan fingerprint density at radius 1 is 1.00 bits per heavy atom. The lowest BCUT2D eigenvalue weighted by molar-refractivity contribution is -0.159. The summed E-state index contributed by atoms with van der Waals surface area (Å²) in [5, 5.41) is 0. The summed E-state index contributed by atoms with van der Waals surface area (Å²) < 4.78 is 10.1. The number of carbonyl (C=O) groups excluding carboxylic acids is 2. The zero-order chi connectivity index (χ0) is 13.6. The highest BCUT2D eigenvalue weighted by Gasteiger charge is 2.27. The molecule has 0 spiro atoms. The van der Waals surface area contributed by atoms with Gasteiger partial charge in [-0.05, 0) is 41.8 Å². The average Bonchev–Trinajstić information content (AvgIpc) is 2.10. The Balaban J connectivity index is 4.43. The number of rotatable bonds is 6. The molecule has 0 fully saturated rings. The lowest BCUT2D eigenvalue weighted by atomic mass is 10.2. The quantitative estimate of drug-likeness (QED) is 0.658.